The Morgan fingerprint density at radius 1 is 1.32 bits per heavy atom. The van der Waals surface area contributed by atoms with Crippen LogP contribution >= 0.6 is 0 Å². The first-order valence-electron chi connectivity index (χ1n) is 10.4. The van der Waals surface area contributed by atoms with E-state index in [9.17, 15) is 28.4 Å². The van der Waals surface area contributed by atoms with Crippen LogP contribution in [0.1, 0.15) is 58.3 Å². The number of nitrogens with one attached hydrogen (secondary N) is 1. The fraction of sp³-hybridized carbons (Fsp3) is 0.750. The molecule has 2 N–H and O–H groups in total. The number of hydrogen-bond donors (Lipinski definition) is 2. The van der Waals surface area contributed by atoms with E-state index < -0.39 is 53.6 Å². The van der Waals surface area contributed by atoms with E-state index in [0.29, 0.717) is 25.7 Å². The number of rotatable bonds is 8. The number of oxime groups is 1. The van der Waals surface area contributed by atoms with Crippen LogP contribution in [0, 0.1) is 16.7 Å². The van der Waals surface area contributed by atoms with E-state index in [-0.39, 0.29) is 31.6 Å². The van der Waals surface area contributed by atoms with Gasteiger partial charge in [0.15, 0.2) is 11.5 Å². The normalized spacial score (nSPS) is 22.1. The molecule has 170 valence electrons. The van der Waals surface area contributed by atoms with Gasteiger partial charge in [-0.3, -0.25) is 4.79 Å². The molecule has 2 fully saturated rings. The molecule has 0 bridgehead atoms. The highest BCUT2D eigenvalue weighted by Crippen LogP contribution is 2.48. The van der Waals surface area contributed by atoms with Crippen LogP contribution < -0.4 is 5.32 Å². The molecular weight excluding hydrogens is 414 g/mol. The lowest BCUT2D eigenvalue weighted by Gasteiger charge is -2.37. The zero-order valence-electron chi connectivity index (χ0n) is 17.3. The van der Waals surface area contributed by atoms with Crippen LogP contribution in [0.3, 0.4) is 0 Å². The predicted molar refractivity (Wildman–Crippen MR) is 103 cm³/mol. The van der Waals surface area contributed by atoms with E-state index in [4.69, 9.17) is 9.94 Å². The van der Waals surface area contributed by atoms with Gasteiger partial charge >= 0.3 is 12.0 Å². The van der Waals surface area contributed by atoms with Crippen molar-refractivity contribution in [2.45, 2.75) is 75.9 Å². The number of carboxylic acid groups (broad SMARTS) is 1. The minimum atomic E-state index is -3.12. The number of carbonyl (C=O) groups excluding carboxylic acids is 2. The third kappa shape index (κ3) is 5.29. The fourth-order valence-corrected chi connectivity index (χ4v) is 3.89. The number of nitriles is 1. The lowest BCUT2D eigenvalue weighted by Crippen LogP contribution is -2.54. The van der Waals surface area contributed by atoms with Gasteiger partial charge in [0.2, 0.25) is 5.92 Å². The summed E-state index contributed by atoms with van der Waals surface area (Å²) in [5.74, 6) is -4.83. The van der Waals surface area contributed by atoms with Gasteiger partial charge in [0.1, 0.15) is 5.60 Å². The predicted octanol–water partition coefficient (Wildman–Crippen LogP) is 2.46. The van der Waals surface area contributed by atoms with Crippen molar-refractivity contribution in [2.75, 3.05) is 13.1 Å². The molecule has 31 heavy (non-hydrogen) atoms. The van der Waals surface area contributed by atoms with Crippen LogP contribution in [0.15, 0.2) is 5.16 Å². The molecule has 0 aromatic carbocycles. The molecule has 11 heteroatoms. The van der Waals surface area contributed by atoms with Gasteiger partial charge in [-0.05, 0) is 12.8 Å². The second kappa shape index (κ2) is 8.40. The molecule has 1 saturated heterocycles. The summed E-state index contributed by atoms with van der Waals surface area (Å²) >= 11 is 0. The van der Waals surface area contributed by atoms with Gasteiger partial charge in [-0.2, -0.15) is 5.26 Å². The van der Waals surface area contributed by atoms with Crippen molar-refractivity contribution in [3.05, 3.63) is 0 Å². The third-order valence-electron chi connectivity index (χ3n) is 6.36. The number of likely N-dealkylation sites (tertiary alicyclic amines) is 1. The number of nitrogens with zero attached hydrogens (tertiary/aromatic N) is 3. The highest BCUT2D eigenvalue weighted by molar-refractivity contribution is 6.36. The van der Waals surface area contributed by atoms with Gasteiger partial charge in [-0.25, -0.2) is 18.4 Å². The van der Waals surface area contributed by atoms with Crippen molar-refractivity contribution >= 4 is 23.5 Å². The van der Waals surface area contributed by atoms with Crippen molar-refractivity contribution < 1.29 is 33.1 Å². The molecular formula is C20H26F2N4O5. The van der Waals surface area contributed by atoms with Crippen LogP contribution in [-0.2, 0) is 14.4 Å². The quantitative estimate of drug-likeness (QED) is 0.596. The number of aliphatic carboxylic acids is 1. The maximum Gasteiger partial charge on any atom is 0.353 e. The van der Waals surface area contributed by atoms with Gasteiger partial charge in [-0.15, -0.1) is 0 Å². The molecule has 2 heterocycles. The Morgan fingerprint density at radius 2 is 1.97 bits per heavy atom. The molecule has 2 amide bonds. The monoisotopic (exact) mass is 440 g/mol. The Bertz CT molecular complexity index is 826. The Kier molecular flexibility index (Phi) is 6.21. The molecule has 9 nitrogen and oxygen atoms in total. The van der Waals surface area contributed by atoms with E-state index in [1.807, 2.05) is 0 Å². The minimum absolute atomic E-state index is 0.0724. The Morgan fingerprint density at radius 3 is 2.45 bits per heavy atom. The van der Waals surface area contributed by atoms with E-state index >= 15 is 0 Å². The zero-order chi connectivity index (χ0) is 22.9. The summed E-state index contributed by atoms with van der Waals surface area (Å²) in [6.45, 7) is 1.73. The number of amides is 2. The van der Waals surface area contributed by atoms with Gasteiger partial charge in [0, 0.05) is 51.6 Å². The molecule has 3 rings (SSSR count). The summed E-state index contributed by atoms with van der Waals surface area (Å²) in [6.07, 6.45) is 0.476. The molecule has 1 atom stereocenters. The minimum Gasteiger partial charge on any atom is -0.477 e. The zero-order valence-corrected chi connectivity index (χ0v) is 17.3. The van der Waals surface area contributed by atoms with E-state index in [0.717, 1.165) is 0 Å². The number of urea groups is 1. The van der Waals surface area contributed by atoms with Crippen LogP contribution in [0.5, 0.6) is 0 Å². The molecule has 1 aliphatic carbocycles. The van der Waals surface area contributed by atoms with Crippen molar-refractivity contribution in [3.63, 3.8) is 0 Å². The second-order valence-corrected chi connectivity index (χ2v) is 8.73. The number of ketones is 1. The second-order valence-electron chi connectivity index (χ2n) is 8.73. The standard InChI is InChI=1S/C20H26F2N4O5/c1-2-20(21,22)10-13(15(27)11-18(12-23)3-4-18)24-17(30)26-7-5-19(6-8-26)9-14(16(28)29)25-31-19/h13H,2-11H2,1H3,(H,24,30)(H,28,29)/t13-/m0/s1. The molecule has 0 unspecified atom stereocenters. The van der Waals surface area contributed by atoms with Gasteiger partial charge in [0.05, 0.1) is 17.5 Å². The maximum atomic E-state index is 14.0. The van der Waals surface area contributed by atoms with Crippen LogP contribution in [0.25, 0.3) is 0 Å². The lowest BCUT2D eigenvalue weighted by molar-refractivity contribution is -0.129. The molecule has 3 aliphatic rings. The average Bonchev–Trinajstić information content (AvgIpc) is 3.38. The van der Waals surface area contributed by atoms with Gasteiger partial charge in [0.25, 0.3) is 0 Å². The molecule has 1 saturated carbocycles. The number of halogens is 2. The lowest BCUT2D eigenvalue weighted by atomic mass is 9.87. The molecule has 0 aromatic rings. The van der Waals surface area contributed by atoms with E-state index in [1.165, 1.54) is 11.8 Å². The number of carboxylic acids is 1. The molecule has 0 aromatic heterocycles. The van der Waals surface area contributed by atoms with Crippen molar-refractivity contribution in [3.8, 4) is 6.07 Å². The first-order valence-corrected chi connectivity index (χ1v) is 10.4. The largest absolute Gasteiger partial charge is 0.477 e. The smallest absolute Gasteiger partial charge is 0.353 e. The molecule has 1 spiro atoms. The number of hydrogen-bond acceptors (Lipinski definition) is 6. The van der Waals surface area contributed by atoms with Crippen LogP contribution in [0.2, 0.25) is 0 Å². The summed E-state index contributed by atoms with van der Waals surface area (Å²) in [7, 11) is 0. The molecule has 0 radical (unpaired) electrons. The van der Waals surface area contributed by atoms with E-state index in [1.54, 1.807) is 0 Å². The Hall–Kier alpha value is -2.77. The Balaban J connectivity index is 1.59. The average molecular weight is 440 g/mol. The number of piperidine rings is 1. The summed E-state index contributed by atoms with van der Waals surface area (Å²) in [5, 5.41) is 24.3. The van der Waals surface area contributed by atoms with Crippen molar-refractivity contribution in [1.82, 2.24) is 10.2 Å². The molecule has 2 aliphatic heterocycles. The summed E-state index contributed by atoms with van der Waals surface area (Å²) in [4.78, 5) is 43.1. The van der Waals surface area contributed by atoms with Crippen molar-refractivity contribution in [2.24, 2.45) is 10.6 Å². The summed E-state index contributed by atoms with van der Waals surface area (Å²) in [6, 6.07) is 0.0527. The topological polar surface area (TPSA) is 132 Å². The van der Waals surface area contributed by atoms with Crippen LogP contribution in [-0.4, -0.2) is 64.2 Å². The first-order chi connectivity index (χ1) is 14.5. The SMILES string of the molecule is CCC(F)(F)C[C@H](NC(=O)N1CCC2(CC1)CC(C(=O)O)=NO2)C(=O)CC1(C#N)CC1. The van der Waals surface area contributed by atoms with Gasteiger partial charge < -0.3 is 20.2 Å². The van der Waals surface area contributed by atoms with E-state index in [2.05, 4.69) is 16.5 Å². The maximum absolute atomic E-state index is 14.0. The van der Waals surface area contributed by atoms with Crippen molar-refractivity contribution in [1.29, 1.82) is 5.26 Å². The number of alkyl halides is 2. The summed E-state index contributed by atoms with van der Waals surface area (Å²) in [5.41, 5.74) is -1.64. The third-order valence-corrected chi connectivity index (χ3v) is 6.36. The summed E-state index contributed by atoms with van der Waals surface area (Å²) < 4.78 is 28.1. The first kappa shape index (κ1) is 22.9. The number of carbonyl (C=O) groups is 3. The highest BCUT2D eigenvalue weighted by Gasteiger charge is 2.48. The van der Waals surface area contributed by atoms with Crippen LogP contribution in [0.4, 0.5) is 13.6 Å². The van der Waals surface area contributed by atoms with Gasteiger partial charge in [-0.1, -0.05) is 12.1 Å². The fourth-order valence-electron chi connectivity index (χ4n) is 3.89. The Labute approximate surface area is 178 Å². The number of Topliss-reactive ketones (excluding diaryl/α,β-unsaturated/α-hetero) is 1. The highest BCUT2D eigenvalue weighted by atomic mass is 19.3.